The summed E-state index contributed by atoms with van der Waals surface area (Å²) in [6.07, 6.45) is 2.23. The molecule has 30 heavy (non-hydrogen) atoms. The number of hydrogen-bond acceptors (Lipinski definition) is 3. The van der Waals surface area contributed by atoms with Crippen LogP contribution in [0.3, 0.4) is 0 Å². The topological polar surface area (TPSA) is 73.5 Å². The second-order valence-corrected chi connectivity index (χ2v) is 8.42. The molecular formula is C24H32N4O2. The summed E-state index contributed by atoms with van der Waals surface area (Å²) in [4.78, 5) is 27.6. The molecule has 3 N–H and O–H groups in total. The SMILES string of the molecule is Cc1ccccc1NC(=O)Nc1ccc(N2CCC(C)CC2)c(C(=O)NC(C)C)c1. The Labute approximate surface area is 179 Å². The molecule has 0 aliphatic carbocycles. The van der Waals surface area contributed by atoms with Gasteiger partial charge in [-0.05, 0) is 69.4 Å². The zero-order chi connectivity index (χ0) is 21.7. The molecule has 2 aromatic carbocycles. The summed E-state index contributed by atoms with van der Waals surface area (Å²) < 4.78 is 0. The van der Waals surface area contributed by atoms with E-state index in [1.165, 1.54) is 0 Å². The van der Waals surface area contributed by atoms with Crippen LogP contribution < -0.4 is 20.9 Å². The molecular weight excluding hydrogens is 376 g/mol. The molecule has 0 atom stereocenters. The van der Waals surface area contributed by atoms with Crippen molar-refractivity contribution >= 4 is 29.0 Å². The first-order valence-electron chi connectivity index (χ1n) is 10.7. The van der Waals surface area contributed by atoms with E-state index in [9.17, 15) is 9.59 Å². The smallest absolute Gasteiger partial charge is 0.323 e. The van der Waals surface area contributed by atoms with Crippen LogP contribution in [0.4, 0.5) is 21.9 Å². The molecule has 2 aromatic rings. The molecule has 1 heterocycles. The average Bonchev–Trinajstić information content (AvgIpc) is 2.70. The quantitative estimate of drug-likeness (QED) is 0.651. The molecule has 0 saturated carbocycles. The van der Waals surface area contributed by atoms with Gasteiger partial charge in [-0.15, -0.1) is 0 Å². The standard InChI is InChI=1S/C24H32N4O2/c1-16(2)25-23(29)20-15-19(9-10-22(20)28-13-11-17(3)12-14-28)26-24(30)27-21-8-6-5-7-18(21)4/h5-10,15-17H,11-14H2,1-4H3,(H,25,29)(H2,26,27,30). The van der Waals surface area contributed by atoms with Crippen molar-refractivity contribution in [2.75, 3.05) is 28.6 Å². The van der Waals surface area contributed by atoms with Crippen LogP contribution >= 0.6 is 0 Å². The van der Waals surface area contributed by atoms with Crippen LogP contribution in [0.15, 0.2) is 42.5 Å². The number of anilines is 3. The number of benzene rings is 2. The largest absolute Gasteiger partial charge is 0.371 e. The predicted molar refractivity (Wildman–Crippen MR) is 123 cm³/mol. The van der Waals surface area contributed by atoms with E-state index in [0.717, 1.165) is 42.9 Å². The van der Waals surface area contributed by atoms with E-state index in [1.807, 2.05) is 57.2 Å². The third kappa shape index (κ3) is 5.53. The number of carbonyl (C=O) groups is 2. The lowest BCUT2D eigenvalue weighted by Gasteiger charge is -2.33. The number of rotatable bonds is 5. The Hall–Kier alpha value is -3.02. The zero-order valence-electron chi connectivity index (χ0n) is 18.3. The molecule has 0 aromatic heterocycles. The van der Waals surface area contributed by atoms with Crippen LogP contribution in [0.25, 0.3) is 0 Å². The van der Waals surface area contributed by atoms with Crippen molar-refractivity contribution in [3.63, 3.8) is 0 Å². The average molecular weight is 409 g/mol. The number of nitrogens with one attached hydrogen (secondary N) is 3. The molecule has 6 nitrogen and oxygen atoms in total. The normalized spacial score (nSPS) is 14.5. The highest BCUT2D eigenvalue weighted by Crippen LogP contribution is 2.29. The molecule has 0 unspecified atom stereocenters. The van der Waals surface area contributed by atoms with Crippen molar-refractivity contribution in [2.24, 2.45) is 5.92 Å². The minimum absolute atomic E-state index is 0.0349. The van der Waals surface area contributed by atoms with Gasteiger partial charge in [-0.25, -0.2) is 4.79 Å². The van der Waals surface area contributed by atoms with Gasteiger partial charge in [0.1, 0.15) is 0 Å². The van der Waals surface area contributed by atoms with Gasteiger partial charge in [-0.2, -0.15) is 0 Å². The first-order chi connectivity index (χ1) is 14.3. The van der Waals surface area contributed by atoms with E-state index in [2.05, 4.69) is 27.8 Å². The second kappa shape index (κ2) is 9.65. The van der Waals surface area contributed by atoms with E-state index >= 15 is 0 Å². The van der Waals surface area contributed by atoms with Crippen molar-refractivity contribution in [2.45, 2.75) is 46.6 Å². The van der Waals surface area contributed by atoms with Gasteiger partial charge in [0, 0.05) is 36.2 Å². The molecule has 0 radical (unpaired) electrons. The number of carbonyl (C=O) groups excluding carboxylic acids is 2. The van der Waals surface area contributed by atoms with Crippen LogP contribution in [-0.2, 0) is 0 Å². The first-order valence-corrected chi connectivity index (χ1v) is 10.7. The molecule has 1 aliphatic rings. The third-order valence-corrected chi connectivity index (χ3v) is 5.44. The van der Waals surface area contributed by atoms with E-state index in [1.54, 1.807) is 6.07 Å². The fourth-order valence-corrected chi connectivity index (χ4v) is 3.66. The summed E-state index contributed by atoms with van der Waals surface area (Å²) >= 11 is 0. The monoisotopic (exact) mass is 408 g/mol. The summed E-state index contributed by atoms with van der Waals surface area (Å²) in [6, 6.07) is 12.9. The first kappa shape index (κ1) is 21.7. The molecule has 3 amide bonds. The third-order valence-electron chi connectivity index (χ3n) is 5.44. The Morgan fingerprint density at radius 1 is 1.03 bits per heavy atom. The van der Waals surface area contributed by atoms with Crippen LogP contribution in [-0.4, -0.2) is 31.1 Å². The van der Waals surface area contributed by atoms with E-state index in [4.69, 9.17) is 0 Å². The van der Waals surface area contributed by atoms with Gasteiger partial charge in [0.05, 0.1) is 5.56 Å². The molecule has 3 rings (SSSR count). The number of hydrogen-bond donors (Lipinski definition) is 3. The van der Waals surface area contributed by atoms with Gasteiger partial charge >= 0.3 is 6.03 Å². The number of aryl methyl sites for hydroxylation is 1. The number of piperidine rings is 1. The van der Waals surface area contributed by atoms with Gasteiger partial charge in [-0.1, -0.05) is 25.1 Å². The maximum atomic E-state index is 12.9. The predicted octanol–water partition coefficient (Wildman–Crippen LogP) is 5.01. The maximum absolute atomic E-state index is 12.9. The summed E-state index contributed by atoms with van der Waals surface area (Å²) in [6.45, 7) is 9.96. The van der Waals surface area contributed by atoms with Crippen LogP contribution in [0.5, 0.6) is 0 Å². The van der Waals surface area contributed by atoms with Crippen molar-refractivity contribution in [3.8, 4) is 0 Å². The minimum Gasteiger partial charge on any atom is -0.371 e. The highest BCUT2D eigenvalue weighted by molar-refractivity contribution is 6.04. The molecule has 160 valence electrons. The molecule has 1 saturated heterocycles. The number of para-hydroxylation sites is 1. The Morgan fingerprint density at radius 3 is 2.40 bits per heavy atom. The fourth-order valence-electron chi connectivity index (χ4n) is 3.66. The lowest BCUT2D eigenvalue weighted by atomic mass is 9.97. The Bertz CT molecular complexity index is 902. The van der Waals surface area contributed by atoms with Crippen molar-refractivity contribution in [1.29, 1.82) is 0 Å². The molecule has 6 heteroatoms. The Balaban J connectivity index is 1.80. The van der Waals surface area contributed by atoms with Gasteiger partial charge in [0.2, 0.25) is 0 Å². The van der Waals surface area contributed by atoms with Crippen LogP contribution in [0.2, 0.25) is 0 Å². The lowest BCUT2D eigenvalue weighted by molar-refractivity contribution is 0.0943. The molecule has 1 fully saturated rings. The van der Waals surface area contributed by atoms with E-state index < -0.39 is 0 Å². The minimum atomic E-state index is -0.334. The fraction of sp³-hybridized carbons (Fsp3) is 0.417. The van der Waals surface area contributed by atoms with Crippen molar-refractivity contribution < 1.29 is 9.59 Å². The summed E-state index contributed by atoms with van der Waals surface area (Å²) in [7, 11) is 0. The number of urea groups is 1. The van der Waals surface area contributed by atoms with Crippen molar-refractivity contribution in [3.05, 3.63) is 53.6 Å². The van der Waals surface area contributed by atoms with Crippen molar-refractivity contribution in [1.82, 2.24) is 5.32 Å². The number of amides is 3. The van der Waals surface area contributed by atoms with Crippen LogP contribution in [0.1, 0.15) is 49.5 Å². The lowest BCUT2D eigenvalue weighted by Crippen LogP contribution is -2.36. The highest BCUT2D eigenvalue weighted by Gasteiger charge is 2.22. The number of nitrogens with zero attached hydrogens (tertiary/aromatic N) is 1. The molecule has 0 spiro atoms. The maximum Gasteiger partial charge on any atom is 0.323 e. The van der Waals surface area contributed by atoms with E-state index in [0.29, 0.717) is 17.2 Å². The molecule has 1 aliphatic heterocycles. The highest BCUT2D eigenvalue weighted by atomic mass is 16.2. The van der Waals surface area contributed by atoms with Gasteiger partial charge < -0.3 is 20.9 Å². The summed E-state index contributed by atoms with van der Waals surface area (Å²) in [5.41, 5.74) is 3.84. The summed E-state index contributed by atoms with van der Waals surface area (Å²) in [5, 5.41) is 8.70. The van der Waals surface area contributed by atoms with E-state index in [-0.39, 0.29) is 18.0 Å². The van der Waals surface area contributed by atoms with Crippen LogP contribution in [0, 0.1) is 12.8 Å². The Morgan fingerprint density at radius 2 is 1.73 bits per heavy atom. The summed E-state index contributed by atoms with van der Waals surface area (Å²) in [5.74, 6) is 0.585. The van der Waals surface area contributed by atoms with Gasteiger partial charge in [-0.3, -0.25) is 4.79 Å². The Kier molecular flexibility index (Phi) is 6.98. The second-order valence-electron chi connectivity index (χ2n) is 8.42. The van der Waals surface area contributed by atoms with Gasteiger partial charge in [0.25, 0.3) is 5.91 Å². The molecule has 0 bridgehead atoms. The van der Waals surface area contributed by atoms with Gasteiger partial charge in [0.15, 0.2) is 0 Å². The zero-order valence-corrected chi connectivity index (χ0v) is 18.3.